The lowest BCUT2D eigenvalue weighted by molar-refractivity contribution is 0.570. The molecule has 0 spiro atoms. The van der Waals surface area contributed by atoms with Gasteiger partial charge in [-0.15, -0.1) is 11.3 Å². The molecule has 0 saturated carbocycles. The number of nitrogens with one attached hydrogen (secondary N) is 2. The fourth-order valence-corrected chi connectivity index (χ4v) is 3.90. The Balaban J connectivity index is 2.22. The summed E-state index contributed by atoms with van der Waals surface area (Å²) >= 11 is 1.64. The molecule has 2 rings (SSSR count). The monoisotopic (exact) mass is 310 g/mol. The molecule has 0 radical (unpaired) electrons. The summed E-state index contributed by atoms with van der Waals surface area (Å²) in [7, 11) is -3.49. The van der Waals surface area contributed by atoms with E-state index >= 15 is 0 Å². The predicted molar refractivity (Wildman–Crippen MR) is 83.5 cm³/mol. The molecule has 2 N–H and O–H groups in total. The molecule has 0 aliphatic carbocycles. The van der Waals surface area contributed by atoms with Gasteiger partial charge in [0.2, 0.25) is 10.0 Å². The van der Waals surface area contributed by atoms with Crippen molar-refractivity contribution in [1.29, 1.82) is 0 Å². The van der Waals surface area contributed by atoms with Crippen LogP contribution in [0, 0.1) is 0 Å². The molecule has 1 aromatic heterocycles. The summed E-state index contributed by atoms with van der Waals surface area (Å²) in [4.78, 5) is 1.44. The topological polar surface area (TPSA) is 58.2 Å². The smallest absolute Gasteiger partial charge is 0.242 e. The third kappa shape index (κ3) is 3.82. The molecule has 20 heavy (non-hydrogen) atoms. The lowest BCUT2D eigenvalue weighted by Crippen LogP contribution is -2.30. The van der Waals surface area contributed by atoms with E-state index in [0.29, 0.717) is 12.2 Å². The second kappa shape index (κ2) is 6.39. The molecule has 0 amide bonds. The summed E-state index contributed by atoms with van der Waals surface area (Å²) in [6, 6.07) is 10.8. The van der Waals surface area contributed by atoms with Crippen molar-refractivity contribution in [3.05, 3.63) is 46.7 Å². The zero-order chi connectivity index (χ0) is 14.6. The number of para-hydroxylation sites is 1. The maximum Gasteiger partial charge on any atom is 0.242 e. The maximum atomic E-state index is 12.3. The Bertz CT molecular complexity index is 650. The second-order valence-corrected chi connectivity index (χ2v) is 7.42. The summed E-state index contributed by atoms with van der Waals surface area (Å²) in [5.74, 6) is 0. The predicted octanol–water partition coefficient (Wildman–Crippen LogP) is 3.05. The third-order valence-electron chi connectivity index (χ3n) is 2.60. The number of anilines is 1. The number of hydrogen-bond acceptors (Lipinski definition) is 4. The molecule has 0 saturated heterocycles. The van der Waals surface area contributed by atoms with E-state index in [1.165, 1.54) is 0 Å². The highest BCUT2D eigenvalue weighted by molar-refractivity contribution is 7.89. The normalized spacial score (nSPS) is 11.8. The number of rotatable bonds is 6. The largest absolute Gasteiger partial charge is 0.379 e. The van der Waals surface area contributed by atoms with Crippen LogP contribution in [0.1, 0.15) is 18.7 Å². The Labute approximate surface area is 123 Å². The first-order valence-electron chi connectivity index (χ1n) is 6.36. The van der Waals surface area contributed by atoms with Crippen molar-refractivity contribution in [2.75, 3.05) is 5.32 Å². The Kier molecular flexibility index (Phi) is 4.80. The number of benzene rings is 1. The van der Waals surface area contributed by atoms with Crippen LogP contribution >= 0.6 is 11.3 Å². The third-order valence-corrected chi connectivity index (χ3v) is 5.19. The van der Waals surface area contributed by atoms with Crippen LogP contribution in [0.25, 0.3) is 0 Å². The van der Waals surface area contributed by atoms with Gasteiger partial charge in [0.15, 0.2) is 0 Å². The van der Waals surface area contributed by atoms with E-state index in [4.69, 9.17) is 0 Å². The molecular formula is C14H18N2O2S2. The highest BCUT2D eigenvalue weighted by Crippen LogP contribution is 2.22. The van der Waals surface area contributed by atoms with Gasteiger partial charge in [-0.25, -0.2) is 13.1 Å². The van der Waals surface area contributed by atoms with Crippen LogP contribution in [0.15, 0.2) is 46.7 Å². The molecule has 0 atom stereocenters. The number of sulfonamides is 1. The first kappa shape index (κ1) is 15.0. The average Bonchev–Trinajstić information content (AvgIpc) is 2.88. The first-order valence-corrected chi connectivity index (χ1v) is 8.73. The van der Waals surface area contributed by atoms with Crippen LogP contribution in [0.5, 0.6) is 0 Å². The van der Waals surface area contributed by atoms with Crippen molar-refractivity contribution in [3.63, 3.8) is 0 Å². The number of thiophene rings is 1. The fraction of sp³-hybridized carbons (Fsp3) is 0.286. The molecule has 6 heteroatoms. The molecule has 4 nitrogen and oxygen atoms in total. The molecule has 108 valence electrons. The van der Waals surface area contributed by atoms with Gasteiger partial charge in [0, 0.05) is 17.5 Å². The van der Waals surface area contributed by atoms with Gasteiger partial charge in [0.25, 0.3) is 0 Å². The van der Waals surface area contributed by atoms with Crippen LogP contribution < -0.4 is 10.0 Å². The van der Waals surface area contributed by atoms with Crippen molar-refractivity contribution < 1.29 is 8.42 Å². The highest BCUT2D eigenvalue weighted by atomic mass is 32.2. The molecule has 0 unspecified atom stereocenters. The molecule has 0 aliphatic rings. The van der Waals surface area contributed by atoms with Gasteiger partial charge in [-0.3, -0.25) is 0 Å². The van der Waals surface area contributed by atoms with Crippen LogP contribution in [-0.2, 0) is 16.6 Å². The molecule has 0 fully saturated rings. The van der Waals surface area contributed by atoms with Crippen LogP contribution in [-0.4, -0.2) is 14.5 Å². The Morgan fingerprint density at radius 3 is 2.55 bits per heavy atom. The van der Waals surface area contributed by atoms with Crippen LogP contribution in [0.4, 0.5) is 5.69 Å². The van der Waals surface area contributed by atoms with Gasteiger partial charge < -0.3 is 5.32 Å². The minimum absolute atomic E-state index is 0.134. The van der Waals surface area contributed by atoms with E-state index in [9.17, 15) is 8.42 Å². The van der Waals surface area contributed by atoms with Crippen molar-refractivity contribution in [3.8, 4) is 0 Å². The van der Waals surface area contributed by atoms with Crippen molar-refractivity contribution >= 4 is 27.0 Å². The lowest BCUT2D eigenvalue weighted by Gasteiger charge is -2.14. The molecular weight excluding hydrogens is 292 g/mol. The van der Waals surface area contributed by atoms with Crippen molar-refractivity contribution in [1.82, 2.24) is 4.72 Å². The summed E-state index contributed by atoms with van der Waals surface area (Å²) in [5, 5.41) is 5.19. The maximum absolute atomic E-state index is 12.3. The summed E-state index contributed by atoms with van der Waals surface area (Å²) < 4.78 is 27.2. The Morgan fingerprint density at radius 1 is 1.15 bits per heavy atom. The van der Waals surface area contributed by atoms with Gasteiger partial charge in [-0.05, 0) is 37.4 Å². The van der Waals surface area contributed by atoms with Crippen LogP contribution in [0.2, 0.25) is 0 Å². The van der Waals surface area contributed by atoms with Crippen LogP contribution in [0.3, 0.4) is 0 Å². The SMILES string of the molecule is CC(C)NS(=O)(=O)c1ccccc1NCc1cccs1. The quantitative estimate of drug-likeness (QED) is 0.862. The average molecular weight is 310 g/mol. The van der Waals surface area contributed by atoms with E-state index < -0.39 is 10.0 Å². The van der Waals surface area contributed by atoms with Gasteiger partial charge in [0.1, 0.15) is 4.90 Å². The highest BCUT2D eigenvalue weighted by Gasteiger charge is 2.18. The van der Waals surface area contributed by atoms with Gasteiger partial charge in [0.05, 0.1) is 5.69 Å². The van der Waals surface area contributed by atoms with E-state index in [0.717, 1.165) is 4.88 Å². The van der Waals surface area contributed by atoms with Gasteiger partial charge in [-0.2, -0.15) is 0 Å². The molecule has 1 aromatic carbocycles. The summed E-state index contributed by atoms with van der Waals surface area (Å²) in [6.45, 7) is 4.23. The molecule has 2 aromatic rings. The zero-order valence-electron chi connectivity index (χ0n) is 11.5. The van der Waals surface area contributed by atoms with E-state index in [1.807, 2.05) is 23.6 Å². The minimum Gasteiger partial charge on any atom is -0.379 e. The van der Waals surface area contributed by atoms with Gasteiger partial charge >= 0.3 is 0 Å². The summed E-state index contributed by atoms with van der Waals surface area (Å²) in [6.07, 6.45) is 0. The molecule has 1 heterocycles. The van der Waals surface area contributed by atoms with Crippen molar-refractivity contribution in [2.24, 2.45) is 0 Å². The molecule has 0 bridgehead atoms. The Morgan fingerprint density at radius 2 is 1.90 bits per heavy atom. The molecule has 0 aliphatic heterocycles. The van der Waals surface area contributed by atoms with Crippen molar-refractivity contribution in [2.45, 2.75) is 31.3 Å². The lowest BCUT2D eigenvalue weighted by atomic mass is 10.3. The van der Waals surface area contributed by atoms with E-state index in [-0.39, 0.29) is 10.9 Å². The standard InChI is InChI=1S/C14H18N2O2S2/c1-11(2)16-20(17,18)14-8-4-3-7-13(14)15-10-12-6-5-9-19-12/h3-9,11,15-16H,10H2,1-2H3. The van der Waals surface area contributed by atoms with Gasteiger partial charge in [-0.1, -0.05) is 18.2 Å². The minimum atomic E-state index is -3.49. The second-order valence-electron chi connectivity index (χ2n) is 4.71. The Hall–Kier alpha value is -1.37. The van der Waals surface area contributed by atoms with E-state index in [2.05, 4.69) is 10.0 Å². The zero-order valence-corrected chi connectivity index (χ0v) is 13.1. The first-order chi connectivity index (χ1) is 9.49. The fourth-order valence-electron chi connectivity index (χ4n) is 1.82. The number of hydrogen-bond donors (Lipinski definition) is 2. The van der Waals surface area contributed by atoms with E-state index in [1.54, 1.807) is 43.4 Å². The summed E-state index contributed by atoms with van der Waals surface area (Å²) in [5.41, 5.74) is 0.619.